The maximum absolute atomic E-state index is 5.40. The van der Waals surface area contributed by atoms with Gasteiger partial charge in [0.15, 0.2) is 10.2 Å². The molecule has 1 heterocycles. The summed E-state index contributed by atoms with van der Waals surface area (Å²) in [5.74, 6) is 0. The highest BCUT2D eigenvalue weighted by atomic mass is 35.5. The fourth-order valence-electron chi connectivity index (χ4n) is 0.579. The van der Waals surface area contributed by atoms with Crippen LogP contribution in [0.15, 0.2) is 6.20 Å². The molecule has 0 aliphatic heterocycles. The van der Waals surface area contributed by atoms with Gasteiger partial charge in [-0.1, -0.05) is 0 Å². The number of hydrogen-bond donors (Lipinski definition) is 3. The van der Waals surface area contributed by atoms with Crippen molar-refractivity contribution in [2.24, 2.45) is 5.73 Å². The number of anilines is 1. The van der Waals surface area contributed by atoms with E-state index in [0.29, 0.717) is 11.7 Å². The Balaban J connectivity index is 0.00000121. The van der Waals surface area contributed by atoms with Crippen LogP contribution in [-0.4, -0.2) is 10.1 Å². The van der Waals surface area contributed by atoms with Gasteiger partial charge in [0.1, 0.15) is 0 Å². The minimum Gasteiger partial charge on any atom is -0.376 e. The van der Waals surface area contributed by atoms with Crippen LogP contribution in [0.2, 0.25) is 0 Å². The Kier molecular flexibility index (Phi) is 4.87. The summed E-state index contributed by atoms with van der Waals surface area (Å²) < 4.78 is 0. The average molecular weight is 225 g/mol. The van der Waals surface area contributed by atoms with Crippen LogP contribution in [0.3, 0.4) is 0 Å². The molecule has 0 unspecified atom stereocenters. The summed E-state index contributed by atoms with van der Waals surface area (Å²) in [4.78, 5) is 4.89. The average Bonchev–Trinajstić information content (AvgIpc) is 2.31. The SMILES string of the molecule is Cl.NC(=S)NCc1cnc(N)s1. The minimum atomic E-state index is 0. The van der Waals surface area contributed by atoms with Crippen molar-refractivity contribution >= 4 is 46.2 Å². The molecule has 0 radical (unpaired) electrons. The zero-order chi connectivity index (χ0) is 8.27. The van der Waals surface area contributed by atoms with Crippen LogP contribution in [0.4, 0.5) is 5.13 Å². The first-order valence-corrected chi connectivity index (χ1v) is 4.14. The van der Waals surface area contributed by atoms with Gasteiger partial charge in [-0.25, -0.2) is 4.98 Å². The van der Waals surface area contributed by atoms with Crippen LogP contribution in [0.1, 0.15) is 4.88 Å². The quantitative estimate of drug-likeness (QED) is 0.637. The molecule has 0 aliphatic rings. The van der Waals surface area contributed by atoms with Gasteiger partial charge < -0.3 is 16.8 Å². The molecule has 0 fully saturated rings. The second kappa shape index (κ2) is 5.13. The predicted molar refractivity (Wildman–Crippen MR) is 57.4 cm³/mol. The summed E-state index contributed by atoms with van der Waals surface area (Å²) in [6, 6.07) is 0. The van der Waals surface area contributed by atoms with Crippen molar-refractivity contribution in [3.05, 3.63) is 11.1 Å². The maximum atomic E-state index is 5.40. The largest absolute Gasteiger partial charge is 0.376 e. The Morgan fingerprint density at radius 3 is 2.83 bits per heavy atom. The fourth-order valence-corrected chi connectivity index (χ4v) is 1.27. The smallest absolute Gasteiger partial charge is 0.180 e. The topological polar surface area (TPSA) is 77.0 Å². The van der Waals surface area contributed by atoms with Gasteiger partial charge in [-0.3, -0.25) is 0 Å². The number of aromatic nitrogens is 1. The molecular formula is C5H9ClN4S2. The van der Waals surface area contributed by atoms with E-state index in [0.717, 1.165) is 4.88 Å². The lowest BCUT2D eigenvalue weighted by atomic mass is 10.5. The highest BCUT2D eigenvalue weighted by molar-refractivity contribution is 7.80. The van der Waals surface area contributed by atoms with Gasteiger partial charge in [0.25, 0.3) is 0 Å². The number of nitrogens with zero attached hydrogens (tertiary/aromatic N) is 1. The predicted octanol–water partition coefficient (Wildman–Crippen LogP) is 0.480. The van der Waals surface area contributed by atoms with Gasteiger partial charge in [0, 0.05) is 11.1 Å². The second-order valence-electron chi connectivity index (χ2n) is 1.88. The third-order valence-electron chi connectivity index (χ3n) is 1.01. The number of halogens is 1. The van der Waals surface area contributed by atoms with Crippen molar-refractivity contribution < 1.29 is 0 Å². The van der Waals surface area contributed by atoms with Gasteiger partial charge in [-0.2, -0.15) is 0 Å². The van der Waals surface area contributed by atoms with Crippen LogP contribution in [0.25, 0.3) is 0 Å². The number of hydrogen-bond acceptors (Lipinski definition) is 4. The minimum absolute atomic E-state index is 0. The molecule has 12 heavy (non-hydrogen) atoms. The van der Waals surface area contributed by atoms with E-state index < -0.39 is 0 Å². The van der Waals surface area contributed by atoms with Crippen molar-refractivity contribution in [3.63, 3.8) is 0 Å². The van der Waals surface area contributed by atoms with Crippen LogP contribution < -0.4 is 16.8 Å². The molecule has 68 valence electrons. The second-order valence-corrected chi connectivity index (χ2v) is 3.47. The zero-order valence-electron chi connectivity index (χ0n) is 6.11. The first-order chi connectivity index (χ1) is 5.18. The van der Waals surface area contributed by atoms with E-state index in [4.69, 9.17) is 11.5 Å². The Hall–Kier alpha value is -0.590. The van der Waals surface area contributed by atoms with Crippen molar-refractivity contribution in [1.82, 2.24) is 10.3 Å². The summed E-state index contributed by atoms with van der Waals surface area (Å²) in [7, 11) is 0. The summed E-state index contributed by atoms with van der Waals surface area (Å²) in [6.45, 7) is 0.601. The van der Waals surface area contributed by atoms with Crippen molar-refractivity contribution in [2.75, 3.05) is 5.73 Å². The lowest BCUT2D eigenvalue weighted by Crippen LogP contribution is -2.27. The normalized spacial score (nSPS) is 8.67. The van der Waals surface area contributed by atoms with E-state index in [-0.39, 0.29) is 17.5 Å². The number of rotatable bonds is 2. The molecule has 4 nitrogen and oxygen atoms in total. The zero-order valence-corrected chi connectivity index (χ0v) is 8.56. The van der Waals surface area contributed by atoms with Gasteiger partial charge in [0.05, 0.1) is 6.54 Å². The molecule has 0 aliphatic carbocycles. The van der Waals surface area contributed by atoms with Gasteiger partial charge in [-0.05, 0) is 12.2 Å². The molecule has 0 saturated carbocycles. The summed E-state index contributed by atoms with van der Waals surface area (Å²) in [5.41, 5.74) is 10.6. The number of thiocarbonyl (C=S) groups is 1. The summed E-state index contributed by atoms with van der Waals surface area (Å²) >= 11 is 6.04. The van der Waals surface area contributed by atoms with Gasteiger partial charge in [-0.15, -0.1) is 23.7 Å². The van der Waals surface area contributed by atoms with Crippen LogP contribution >= 0.6 is 36.0 Å². The fraction of sp³-hybridized carbons (Fsp3) is 0.200. The molecule has 0 aromatic carbocycles. The van der Waals surface area contributed by atoms with Crippen molar-refractivity contribution in [2.45, 2.75) is 6.54 Å². The van der Waals surface area contributed by atoms with E-state index in [1.165, 1.54) is 11.3 Å². The molecule has 0 spiro atoms. The summed E-state index contributed by atoms with van der Waals surface area (Å²) in [6.07, 6.45) is 1.70. The number of nitrogens with two attached hydrogens (primary N) is 2. The van der Waals surface area contributed by atoms with Crippen LogP contribution in [0.5, 0.6) is 0 Å². The Bertz CT molecular complexity index is 262. The third kappa shape index (κ3) is 3.70. The first kappa shape index (κ1) is 11.4. The molecule has 0 saturated heterocycles. The monoisotopic (exact) mass is 224 g/mol. The Labute approximate surface area is 85.8 Å². The molecule has 0 amide bonds. The van der Waals surface area contributed by atoms with E-state index in [2.05, 4.69) is 22.5 Å². The molecule has 1 rings (SSSR count). The molecule has 5 N–H and O–H groups in total. The highest BCUT2D eigenvalue weighted by Gasteiger charge is 1.97. The van der Waals surface area contributed by atoms with Gasteiger partial charge in [0.2, 0.25) is 0 Å². The van der Waals surface area contributed by atoms with E-state index >= 15 is 0 Å². The molecule has 1 aromatic rings. The number of nitrogen functional groups attached to an aromatic ring is 1. The molecule has 1 aromatic heterocycles. The highest BCUT2D eigenvalue weighted by Crippen LogP contribution is 2.13. The van der Waals surface area contributed by atoms with Crippen molar-refractivity contribution in [3.8, 4) is 0 Å². The third-order valence-corrected chi connectivity index (χ3v) is 1.98. The lowest BCUT2D eigenvalue weighted by Gasteiger charge is -1.98. The van der Waals surface area contributed by atoms with E-state index in [1.54, 1.807) is 6.20 Å². The number of thiazole rings is 1. The van der Waals surface area contributed by atoms with E-state index in [1.807, 2.05) is 0 Å². The van der Waals surface area contributed by atoms with Crippen LogP contribution in [-0.2, 0) is 6.54 Å². The molecule has 7 heteroatoms. The van der Waals surface area contributed by atoms with Crippen LogP contribution in [0, 0.1) is 0 Å². The Morgan fingerprint density at radius 2 is 2.42 bits per heavy atom. The number of nitrogens with one attached hydrogen (secondary N) is 1. The summed E-state index contributed by atoms with van der Waals surface area (Å²) in [5, 5.41) is 3.65. The standard InChI is InChI=1S/C5H8N4S2.ClH/c6-4(10)8-1-3-2-9-5(7)11-3;/h2H,1H2,(H2,7,9)(H3,6,8,10);1H. The van der Waals surface area contributed by atoms with Crippen molar-refractivity contribution in [1.29, 1.82) is 0 Å². The molecule has 0 atom stereocenters. The van der Waals surface area contributed by atoms with E-state index in [9.17, 15) is 0 Å². The first-order valence-electron chi connectivity index (χ1n) is 2.92. The molecular weight excluding hydrogens is 216 g/mol. The van der Waals surface area contributed by atoms with Gasteiger partial charge >= 0.3 is 0 Å². The molecule has 0 bridgehead atoms. The Morgan fingerprint density at radius 1 is 1.75 bits per heavy atom. The lowest BCUT2D eigenvalue weighted by molar-refractivity contribution is 0.936. The maximum Gasteiger partial charge on any atom is 0.180 e.